The summed E-state index contributed by atoms with van der Waals surface area (Å²) in [4.78, 5) is 15.6. The number of hydrogen-bond acceptors (Lipinski definition) is 4. The molecule has 0 radical (unpaired) electrons. The summed E-state index contributed by atoms with van der Waals surface area (Å²) in [5.41, 5.74) is 6.38. The lowest BCUT2D eigenvalue weighted by molar-refractivity contribution is -0.128. The van der Waals surface area contributed by atoms with Gasteiger partial charge in [0.1, 0.15) is 0 Å². The predicted molar refractivity (Wildman–Crippen MR) is 88.7 cm³/mol. The Morgan fingerprint density at radius 1 is 1.57 bits per heavy atom. The summed E-state index contributed by atoms with van der Waals surface area (Å²) >= 11 is 7.66. The van der Waals surface area contributed by atoms with Crippen LogP contribution in [0.25, 0.3) is 0 Å². The number of nitrogens with zero attached hydrogens (tertiary/aromatic N) is 1. The first-order chi connectivity index (χ1) is 10.1. The Labute approximate surface area is 135 Å². The van der Waals surface area contributed by atoms with Crippen LogP contribution in [0.15, 0.2) is 12.1 Å². The largest absolute Gasteiger partial charge is 0.358 e. The predicted octanol–water partition coefficient (Wildman–Crippen LogP) is 2.78. The number of likely N-dealkylation sites (tertiary alicyclic amines) is 1. The lowest BCUT2D eigenvalue weighted by Crippen LogP contribution is -2.53. The third-order valence-corrected chi connectivity index (χ3v) is 5.51. The average Bonchev–Trinajstić information content (AvgIpc) is 2.93. The maximum Gasteiger partial charge on any atom is 0.237 e. The minimum Gasteiger partial charge on any atom is -0.358 e. The minimum absolute atomic E-state index is 0.00460. The Morgan fingerprint density at radius 3 is 2.90 bits per heavy atom. The molecule has 1 fully saturated rings. The molecule has 118 valence electrons. The van der Waals surface area contributed by atoms with Gasteiger partial charge in [-0.25, -0.2) is 0 Å². The zero-order chi connectivity index (χ0) is 15.4. The number of hydrogen-bond donors (Lipinski definition) is 2. The summed E-state index contributed by atoms with van der Waals surface area (Å²) in [5.74, 6) is 0.0886. The second kappa shape index (κ2) is 7.58. The summed E-state index contributed by atoms with van der Waals surface area (Å²) in [6.45, 7) is 3.00. The molecule has 0 saturated carbocycles. The van der Waals surface area contributed by atoms with E-state index in [1.54, 1.807) is 18.4 Å². The van der Waals surface area contributed by atoms with Crippen molar-refractivity contribution < 1.29 is 4.79 Å². The Hall–Kier alpha value is -0.620. The van der Waals surface area contributed by atoms with Crippen molar-refractivity contribution in [2.75, 3.05) is 13.6 Å². The van der Waals surface area contributed by atoms with Crippen LogP contribution in [0, 0.1) is 0 Å². The van der Waals surface area contributed by atoms with Crippen molar-refractivity contribution in [3.8, 4) is 0 Å². The van der Waals surface area contributed by atoms with Crippen molar-refractivity contribution in [3.05, 3.63) is 21.3 Å². The Bertz CT molecular complexity index is 479. The van der Waals surface area contributed by atoms with Crippen molar-refractivity contribution >= 4 is 28.8 Å². The molecule has 0 spiro atoms. The highest BCUT2D eigenvalue weighted by Crippen LogP contribution is 2.36. The number of carbonyl (C=O) groups excluding carboxylic acids is 1. The van der Waals surface area contributed by atoms with E-state index in [2.05, 4.69) is 17.1 Å². The van der Waals surface area contributed by atoms with Gasteiger partial charge in [0.2, 0.25) is 5.91 Å². The fourth-order valence-corrected chi connectivity index (χ4v) is 4.32. The summed E-state index contributed by atoms with van der Waals surface area (Å²) in [7, 11) is 1.70. The molecule has 0 aromatic carbocycles. The number of nitrogens with two attached hydrogens (primary N) is 1. The number of halogens is 1. The van der Waals surface area contributed by atoms with E-state index in [0.717, 1.165) is 41.4 Å². The van der Waals surface area contributed by atoms with Gasteiger partial charge in [0, 0.05) is 18.0 Å². The average molecular weight is 330 g/mol. The molecular formula is C15H24ClN3OS. The van der Waals surface area contributed by atoms with Crippen LogP contribution in [-0.4, -0.2) is 36.5 Å². The molecule has 3 unspecified atom stereocenters. The van der Waals surface area contributed by atoms with Crippen molar-refractivity contribution in [3.63, 3.8) is 0 Å². The highest BCUT2D eigenvalue weighted by Gasteiger charge is 2.36. The SMILES string of the molecule is CCC(N)C(c1ccc(Cl)s1)N1CCCCC1C(=O)NC. The van der Waals surface area contributed by atoms with Gasteiger partial charge in [0.15, 0.2) is 0 Å². The van der Waals surface area contributed by atoms with Crippen LogP contribution in [0.4, 0.5) is 0 Å². The van der Waals surface area contributed by atoms with Crippen LogP contribution in [0.5, 0.6) is 0 Å². The van der Waals surface area contributed by atoms with Gasteiger partial charge >= 0.3 is 0 Å². The smallest absolute Gasteiger partial charge is 0.237 e. The fraction of sp³-hybridized carbons (Fsp3) is 0.667. The zero-order valence-corrected chi connectivity index (χ0v) is 14.2. The van der Waals surface area contributed by atoms with E-state index >= 15 is 0 Å². The number of rotatable bonds is 5. The molecule has 1 aromatic heterocycles. The lowest BCUT2D eigenvalue weighted by atomic mass is 9.94. The number of thiophene rings is 1. The van der Waals surface area contributed by atoms with E-state index in [1.807, 2.05) is 12.1 Å². The Morgan fingerprint density at radius 2 is 2.33 bits per heavy atom. The monoisotopic (exact) mass is 329 g/mol. The topological polar surface area (TPSA) is 58.4 Å². The highest BCUT2D eigenvalue weighted by molar-refractivity contribution is 7.16. The fourth-order valence-electron chi connectivity index (χ4n) is 3.07. The molecule has 21 heavy (non-hydrogen) atoms. The van der Waals surface area contributed by atoms with Gasteiger partial charge in [0.25, 0.3) is 0 Å². The van der Waals surface area contributed by atoms with Crippen molar-refractivity contribution in [1.29, 1.82) is 0 Å². The van der Waals surface area contributed by atoms with Crippen LogP contribution >= 0.6 is 22.9 Å². The van der Waals surface area contributed by atoms with Gasteiger partial charge in [-0.2, -0.15) is 0 Å². The summed E-state index contributed by atoms with van der Waals surface area (Å²) in [6, 6.07) is 3.94. The van der Waals surface area contributed by atoms with E-state index < -0.39 is 0 Å². The molecule has 1 amide bonds. The van der Waals surface area contributed by atoms with Gasteiger partial charge in [-0.05, 0) is 37.9 Å². The first-order valence-electron chi connectivity index (χ1n) is 7.56. The number of nitrogens with one attached hydrogen (secondary N) is 1. The van der Waals surface area contributed by atoms with E-state index in [0.29, 0.717) is 0 Å². The number of carbonyl (C=O) groups is 1. The molecule has 1 saturated heterocycles. The van der Waals surface area contributed by atoms with E-state index in [9.17, 15) is 4.79 Å². The molecular weight excluding hydrogens is 306 g/mol. The van der Waals surface area contributed by atoms with Crippen LogP contribution in [0.2, 0.25) is 4.34 Å². The molecule has 2 rings (SSSR count). The van der Waals surface area contributed by atoms with Crippen molar-refractivity contribution in [2.24, 2.45) is 5.73 Å². The maximum atomic E-state index is 12.2. The van der Waals surface area contributed by atoms with E-state index in [1.165, 1.54) is 0 Å². The maximum absolute atomic E-state index is 12.2. The molecule has 4 nitrogen and oxygen atoms in total. The molecule has 3 atom stereocenters. The first kappa shape index (κ1) is 16.7. The molecule has 3 N–H and O–H groups in total. The molecule has 2 heterocycles. The van der Waals surface area contributed by atoms with E-state index in [-0.39, 0.29) is 24.0 Å². The van der Waals surface area contributed by atoms with Gasteiger partial charge in [-0.1, -0.05) is 24.9 Å². The van der Waals surface area contributed by atoms with Gasteiger partial charge in [-0.15, -0.1) is 11.3 Å². The van der Waals surface area contributed by atoms with Gasteiger partial charge < -0.3 is 11.1 Å². The van der Waals surface area contributed by atoms with Crippen LogP contribution in [0.1, 0.15) is 43.5 Å². The summed E-state index contributed by atoms with van der Waals surface area (Å²) in [5, 5.41) is 2.79. The number of piperidine rings is 1. The highest BCUT2D eigenvalue weighted by atomic mass is 35.5. The third kappa shape index (κ3) is 3.77. The van der Waals surface area contributed by atoms with Crippen LogP contribution < -0.4 is 11.1 Å². The number of amides is 1. The molecule has 1 aliphatic rings. The van der Waals surface area contributed by atoms with E-state index in [4.69, 9.17) is 17.3 Å². The molecule has 0 aliphatic carbocycles. The van der Waals surface area contributed by atoms with Crippen molar-refractivity contribution in [2.45, 2.75) is 50.7 Å². The first-order valence-corrected chi connectivity index (χ1v) is 8.76. The minimum atomic E-state index is -0.0905. The van der Waals surface area contributed by atoms with Gasteiger partial charge in [-0.3, -0.25) is 9.69 Å². The van der Waals surface area contributed by atoms with Gasteiger partial charge in [0.05, 0.1) is 16.4 Å². The third-order valence-electron chi connectivity index (χ3n) is 4.21. The Kier molecular flexibility index (Phi) is 6.05. The van der Waals surface area contributed by atoms with Crippen molar-refractivity contribution in [1.82, 2.24) is 10.2 Å². The van der Waals surface area contributed by atoms with Crippen LogP contribution in [0.3, 0.4) is 0 Å². The summed E-state index contributed by atoms with van der Waals surface area (Å²) in [6.07, 6.45) is 3.97. The zero-order valence-electron chi connectivity index (χ0n) is 12.6. The molecule has 1 aliphatic heterocycles. The standard InChI is InChI=1S/C15H24ClN3OS/c1-3-10(17)14(12-7-8-13(16)21-12)19-9-5-4-6-11(19)15(20)18-2/h7-8,10-11,14H,3-6,9,17H2,1-2H3,(H,18,20). The molecule has 1 aromatic rings. The molecule has 6 heteroatoms. The quantitative estimate of drug-likeness (QED) is 0.873. The number of likely N-dealkylation sites (N-methyl/N-ethyl adjacent to an activating group) is 1. The second-order valence-corrected chi connectivity index (χ2v) is 7.27. The Balaban J connectivity index is 2.31. The normalized spacial score (nSPS) is 22.8. The summed E-state index contributed by atoms with van der Waals surface area (Å²) < 4.78 is 0.770. The second-order valence-electron chi connectivity index (χ2n) is 5.52. The van der Waals surface area contributed by atoms with Crippen LogP contribution in [-0.2, 0) is 4.79 Å². The lowest BCUT2D eigenvalue weighted by Gasteiger charge is -2.42. The molecule has 0 bridgehead atoms.